The Labute approximate surface area is 234 Å². The molecule has 0 radical (unpaired) electrons. The summed E-state index contributed by atoms with van der Waals surface area (Å²) in [6, 6.07) is 20.9. The van der Waals surface area contributed by atoms with Gasteiger partial charge in [0.05, 0.1) is 29.4 Å². The van der Waals surface area contributed by atoms with E-state index >= 15 is 0 Å². The topological polar surface area (TPSA) is 79.6 Å². The van der Waals surface area contributed by atoms with Gasteiger partial charge in [-0.05, 0) is 113 Å². The zero-order valence-corrected chi connectivity index (χ0v) is 23.5. The average molecular weight is 541 g/mol. The van der Waals surface area contributed by atoms with Crippen molar-refractivity contribution < 1.29 is 14.6 Å². The lowest BCUT2D eigenvalue weighted by molar-refractivity contribution is 0.0697. The number of rotatable bonds is 7. The Hall–Kier alpha value is -4.17. The molecule has 2 aromatic heterocycles. The van der Waals surface area contributed by atoms with E-state index in [4.69, 9.17) is 17.0 Å². The number of carboxylic acids is 1. The minimum absolute atomic E-state index is 0.0835. The number of aromatic carboxylic acids is 1. The highest BCUT2D eigenvalue weighted by Crippen LogP contribution is 2.44. The van der Waals surface area contributed by atoms with Gasteiger partial charge >= 0.3 is 5.97 Å². The van der Waals surface area contributed by atoms with E-state index in [9.17, 15) is 9.90 Å². The van der Waals surface area contributed by atoms with Crippen molar-refractivity contribution in [2.24, 2.45) is 0 Å². The third-order valence-electron chi connectivity index (χ3n) is 7.07. The van der Waals surface area contributed by atoms with Crippen LogP contribution in [0.3, 0.4) is 0 Å². The number of nitrogens with zero attached hydrogens (tertiary/aromatic N) is 3. The molecule has 0 bridgehead atoms. The van der Waals surface area contributed by atoms with Gasteiger partial charge in [0.2, 0.25) is 0 Å². The van der Waals surface area contributed by atoms with Crippen LogP contribution in [0.25, 0.3) is 5.69 Å². The van der Waals surface area contributed by atoms with Gasteiger partial charge in [0, 0.05) is 29.0 Å². The van der Waals surface area contributed by atoms with Crippen LogP contribution in [0.1, 0.15) is 64.5 Å². The molecule has 1 fully saturated rings. The Morgan fingerprint density at radius 3 is 2.44 bits per heavy atom. The number of hydrogen-bond donors (Lipinski definition) is 2. The van der Waals surface area contributed by atoms with Gasteiger partial charge in [0.1, 0.15) is 5.75 Å². The lowest BCUT2D eigenvalue weighted by Gasteiger charge is -2.28. The van der Waals surface area contributed by atoms with Crippen LogP contribution in [0.15, 0.2) is 72.9 Å². The summed E-state index contributed by atoms with van der Waals surface area (Å²) in [4.78, 5) is 18.6. The van der Waals surface area contributed by atoms with E-state index in [-0.39, 0.29) is 23.8 Å². The molecule has 200 valence electrons. The SMILES string of the molecule is Cc1ccc(C(=O)O)cc1-n1c(C)cc([C@H]2[C@@H](c3ccccn3)NC(=S)N2c2ccc(OC(C)C)cc2)c1C. The van der Waals surface area contributed by atoms with E-state index < -0.39 is 5.97 Å². The highest BCUT2D eigenvalue weighted by atomic mass is 32.1. The molecule has 2 N–H and O–H groups in total. The highest BCUT2D eigenvalue weighted by molar-refractivity contribution is 7.80. The summed E-state index contributed by atoms with van der Waals surface area (Å²) in [6.07, 6.45) is 1.88. The summed E-state index contributed by atoms with van der Waals surface area (Å²) in [7, 11) is 0. The largest absolute Gasteiger partial charge is 0.491 e. The maximum atomic E-state index is 11.7. The van der Waals surface area contributed by atoms with Crippen LogP contribution < -0.4 is 15.0 Å². The van der Waals surface area contributed by atoms with Crippen molar-refractivity contribution in [3.8, 4) is 11.4 Å². The summed E-state index contributed by atoms with van der Waals surface area (Å²) in [5, 5.41) is 13.8. The van der Waals surface area contributed by atoms with Gasteiger partial charge in [-0.2, -0.15) is 0 Å². The van der Waals surface area contributed by atoms with Crippen molar-refractivity contribution in [3.63, 3.8) is 0 Å². The van der Waals surface area contributed by atoms with Crippen molar-refractivity contribution >= 4 is 29.0 Å². The second kappa shape index (κ2) is 10.5. The summed E-state index contributed by atoms with van der Waals surface area (Å²) in [5.74, 6) is -0.146. The molecule has 2 aromatic carbocycles. The van der Waals surface area contributed by atoms with Crippen molar-refractivity contribution in [2.45, 2.75) is 52.8 Å². The summed E-state index contributed by atoms with van der Waals surface area (Å²) in [6.45, 7) is 10.1. The normalized spacial score (nSPS) is 17.0. The molecule has 2 atom stereocenters. The highest BCUT2D eigenvalue weighted by Gasteiger charge is 2.42. The zero-order chi connectivity index (χ0) is 27.8. The van der Waals surface area contributed by atoms with Crippen LogP contribution in [0.4, 0.5) is 5.69 Å². The van der Waals surface area contributed by atoms with Crippen molar-refractivity contribution in [1.29, 1.82) is 0 Å². The van der Waals surface area contributed by atoms with Gasteiger partial charge in [-0.1, -0.05) is 12.1 Å². The maximum Gasteiger partial charge on any atom is 0.335 e. The number of pyridine rings is 1. The number of hydrogen-bond acceptors (Lipinski definition) is 4. The van der Waals surface area contributed by atoms with Crippen molar-refractivity contribution in [3.05, 3.63) is 107 Å². The number of carbonyl (C=O) groups is 1. The second-order valence-electron chi connectivity index (χ2n) is 10.1. The molecule has 8 heteroatoms. The number of thiocarbonyl (C=S) groups is 1. The number of nitrogens with one attached hydrogen (secondary N) is 1. The van der Waals surface area contributed by atoms with Crippen LogP contribution >= 0.6 is 12.2 Å². The Morgan fingerprint density at radius 1 is 1.05 bits per heavy atom. The van der Waals surface area contributed by atoms with Crippen molar-refractivity contribution in [2.75, 3.05) is 4.90 Å². The predicted octanol–water partition coefficient (Wildman–Crippen LogP) is 6.46. The molecular weight excluding hydrogens is 508 g/mol. The standard InChI is InChI=1S/C31H32N4O3S/c1-18(2)38-24-13-11-23(12-14-24)35-29(28(33-31(35)39)26-8-6-7-15-32-26)25-16-20(4)34(21(25)5)27-17-22(30(36)37)10-9-19(27)3/h6-18,28-29H,1-5H3,(H,33,39)(H,36,37)/t28-,29+/m1/s1. The fourth-order valence-electron chi connectivity index (χ4n) is 5.35. The summed E-state index contributed by atoms with van der Waals surface area (Å²) >= 11 is 5.91. The maximum absolute atomic E-state index is 11.7. The number of aryl methyl sites for hydroxylation is 2. The van der Waals surface area contributed by atoms with E-state index in [1.54, 1.807) is 18.3 Å². The van der Waals surface area contributed by atoms with Gasteiger partial charge in [0.15, 0.2) is 5.11 Å². The first-order chi connectivity index (χ1) is 18.7. The number of aromatic nitrogens is 2. The fraction of sp³-hybridized carbons (Fsp3) is 0.258. The minimum atomic E-state index is -0.949. The molecule has 7 nitrogen and oxygen atoms in total. The number of benzene rings is 2. The van der Waals surface area contributed by atoms with Gasteiger partial charge < -0.3 is 24.6 Å². The third-order valence-corrected chi connectivity index (χ3v) is 7.39. The molecule has 39 heavy (non-hydrogen) atoms. The van der Waals surface area contributed by atoms with Gasteiger partial charge in [-0.3, -0.25) is 4.98 Å². The molecule has 0 unspecified atom stereocenters. The molecule has 4 aromatic rings. The first kappa shape index (κ1) is 26.4. The smallest absolute Gasteiger partial charge is 0.335 e. The zero-order valence-electron chi connectivity index (χ0n) is 22.7. The van der Waals surface area contributed by atoms with Crippen LogP contribution in [0, 0.1) is 20.8 Å². The van der Waals surface area contributed by atoms with Crippen LogP contribution in [-0.4, -0.2) is 31.8 Å². The molecular formula is C31H32N4O3S. The minimum Gasteiger partial charge on any atom is -0.491 e. The predicted molar refractivity (Wildman–Crippen MR) is 157 cm³/mol. The Bertz CT molecular complexity index is 1530. The average Bonchev–Trinajstić information content (AvgIpc) is 3.40. The molecule has 0 aliphatic carbocycles. The first-order valence-corrected chi connectivity index (χ1v) is 13.4. The quantitative estimate of drug-likeness (QED) is 0.261. The molecule has 1 saturated heterocycles. The number of ether oxygens (including phenoxy) is 1. The fourth-order valence-corrected chi connectivity index (χ4v) is 5.69. The lowest BCUT2D eigenvalue weighted by atomic mass is 9.96. The molecule has 1 aliphatic rings. The summed E-state index contributed by atoms with van der Waals surface area (Å²) in [5.41, 5.74) is 7.03. The molecule has 0 amide bonds. The lowest BCUT2D eigenvalue weighted by Crippen LogP contribution is -2.29. The monoisotopic (exact) mass is 540 g/mol. The second-order valence-corrected chi connectivity index (χ2v) is 10.5. The van der Waals surface area contributed by atoms with E-state index in [1.165, 1.54) is 0 Å². The number of carboxylic acid groups (broad SMARTS) is 1. The molecule has 0 spiro atoms. The summed E-state index contributed by atoms with van der Waals surface area (Å²) < 4.78 is 7.99. The van der Waals surface area contributed by atoms with Crippen LogP contribution in [0.5, 0.6) is 5.75 Å². The Kier molecular flexibility index (Phi) is 7.14. The third kappa shape index (κ3) is 5.00. The van der Waals surface area contributed by atoms with E-state index in [1.807, 2.05) is 76.2 Å². The molecule has 3 heterocycles. The first-order valence-electron chi connectivity index (χ1n) is 13.0. The van der Waals surface area contributed by atoms with Crippen LogP contribution in [0.2, 0.25) is 0 Å². The van der Waals surface area contributed by atoms with E-state index in [0.717, 1.165) is 45.3 Å². The Balaban J connectivity index is 1.65. The number of anilines is 1. The molecule has 0 saturated carbocycles. The van der Waals surface area contributed by atoms with Crippen molar-refractivity contribution in [1.82, 2.24) is 14.9 Å². The van der Waals surface area contributed by atoms with E-state index in [0.29, 0.717) is 5.11 Å². The Morgan fingerprint density at radius 2 is 1.79 bits per heavy atom. The van der Waals surface area contributed by atoms with Gasteiger partial charge in [-0.15, -0.1) is 0 Å². The van der Waals surface area contributed by atoms with Gasteiger partial charge in [-0.25, -0.2) is 4.79 Å². The molecule has 1 aliphatic heterocycles. The van der Waals surface area contributed by atoms with E-state index in [2.05, 4.69) is 32.8 Å². The molecule has 5 rings (SSSR count). The van der Waals surface area contributed by atoms with Crippen LogP contribution in [-0.2, 0) is 0 Å². The van der Waals surface area contributed by atoms with Gasteiger partial charge in [0.25, 0.3) is 0 Å².